The number of hydrogen-bond acceptors (Lipinski definition) is 4. The molecule has 2 fully saturated rings. The summed E-state index contributed by atoms with van der Waals surface area (Å²) in [5.74, 6) is 1.42. The SMILES string of the molecule is CN(C(=O)NCc1ccnc(N2CCCC2)c1)C1CCC(CO)CC1. The van der Waals surface area contributed by atoms with Crippen molar-refractivity contribution < 1.29 is 9.90 Å². The van der Waals surface area contributed by atoms with Crippen molar-refractivity contribution in [3.8, 4) is 0 Å². The van der Waals surface area contributed by atoms with Gasteiger partial charge in [-0.2, -0.15) is 0 Å². The summed E-state index contributed by atoms with van der Waals surface area (Å²) in [5.41, 5.74) is 1.09. The van der Waals surface area contributed by atoms with Crippen LogP contribution in [0.15, 0.2) is 18.3 Å². The maximum Gasteiger partial charge on any atom is 0.317 e. The molecule has 1 aromatic rings. The van der Waals surface area contributed by atoms with Gasteiger partial charge in [-0.1, -0.05) is 0 Å². The fraction of sp³-hybridized carbons (Fsp3) is 0.684. The molecule has 0 bridgehead atoms. The van der Waals surface area contributed by atoms with Crippen molar-refractivity contribution in [2.75, 3.05) is 31.6 Å². The van der Waals surface area contributed by atoms with Crippen LogP contribution in [0.3, 0.4) is 0 Å². The second-order valence-corrected chi connectivity index (χ2v) is 7.34. The van der Waals surface area contributed by atoms with Crippen molar-refractivity contribution in [3.63, 3.8) is 0 Å². The first kappa shape index (κ1) is 18.0. The normalized spacial score (nSPS) is 23.5. The van der Waals surface area contributed by atoms with Gasteiger partial charge in [0.2, 0.25) is 0 Å². The second kappa shape index (κ2) is 8.52. The summed E-state index contributed by atoms with van der Waals surface area (Å²) in [5, 5.41) is 12.3. The minimum absolute atomic E-state index is 0.0213. The summed E-state index contributed by atoms with van der Waals surface area (Å²) >= 11 is 0. The van der Waals surface area contributed by atoms with E-state index in [1.54, 1.807) is 0 Å². The minimum Gasteiger partial charge on any atom is -0.396 e. The molecule has 3 rings (SSSR count). The summed E-state index contributed by atoms with van der Waals surface area (Å²) in [7, 11) is 1.88. The lowest BCUT2D eigenvalue weighted by Gasteiger charge is -2.34. The summed E-state index contributed by atoms with van der Waals surface area (Å²) in [4.78, 5) is 21.0. The molecule has 0 radical (unpaired) electrons. The fourth-order valence-corrected chi connectivity index (χ4v) is 3.87. The summed E-state index contributed by atoms with van der Waals surface area (Å²) in [6.45, 7) is 2.94. The zero-order chi connectivity index (χ0) is 17.6. The lowest BCUT2D eigenvalue weighted by Crippen LogP contribution is -2.45. The highest BCUT2D eigenvalue weighted by Crippen LogP contribution is 2.26. The van der Waals surface area contributed by atoms with Crippen LogP contribution in [0.4, 0.5) is 10.6 Å². The largest absolute Gasteiger partial charge is 0.396 e. The van der Waals surface area contributed by atoms with Gasteiger partial charge >= 0.3 is 6.03 Å². The highest BCUT2D eigenvalue weighted by Gasteiger charge is 2.26. The van der Waals surface area contributed by atoms with Gasteiger partial charge < -0.3 is 20.2 Å². The van der Waals surface area contributed by atoms with Crippen LogP contribution in [0, 0.1) is 5.92 Å². The summed E-state index contributed by atoms with van der Waals surface area (Å²) in [6.07, 6.45) is 8.24. The number of rotatable bonds is 5. The predicted molar refractivity (Wildman–Crippen MR) is 98.5 cm³/mol. The Balaban J connectivity index is 1.49. The van der Waals surface area contributed by atoms with Gasteiger partial charge in [0.1, 0.15) is 5.82 Å². The van der Waals surface area contributed by atoms with Gasteiger partial charge in [-0.15, -0.1) is 0 Å². The van der Waals surface area contributed by atoms with E-state index in [-0.39, 0.29) is 18.7 Å². The molecule has 0 atom stereocenters. The van der Waals surface area contributed by atoms with Crippen LogP contribution < -0.4 is 10.2 Å². The first-order chi connectivity index (χ1) is 12.2. The van der Waals surface area contributed by atoms with E-state index < -0.39 is 0 Å². The van der Waals surface area contributed by atoms with E-state index in [9.17, 15) is 9.90 Å². The van der Waals surface area contributed by atoms with Gasteiger partial charge in [-0.3, -0.25) is 0 Å². The lowest BCUT2D eigenvalue weighted by molar-refractivity contribution is 0.134. The number of aliphatic hydroxyl groups excluding tert-OH is 1. The van der Waals surface area contributed by atoms with Gasteiger partial charge in [0.05, 0.1) is 0 Å². The Kier molecular flexibility index (Phi) is 6.13. The third-order valence-corrected chi connectivity index (χ3v) is 5.63. The van der Waals surface area contributed by atoms with E-state index >= 15 is 0 Å². The van der Waals surface area contributed by atoms with E-state index in [4.69, 9.17) is 0 Å². The molecule has 2 aliphatic rings. The Labute approximate surface area is 150 Å². The van der Waals surface area contributed by atoms with Gasteiger partial charge in [-0.05, 0) is 62.1 Å². The number of nitrogens with one attached hydrogen (secondary N) is 1. The predicted octanol–water partition coefficient (Wildman–Crippen LogP) is 2.37. The second-order valence-electron chi connectivity index (χ2n) is 7.34. The molecule has 6 heteroatoms. The number of hydrogen-bond donors (Lipinski definition) is 2. The van der Waals surface area contributed by atoms with Crippen molar-refractivity contribution >= 4 is 11.8 Å². The molecule has 6 nitrogen and oxygen atoms in total. The molecule has 1 aliphatic carbocycles. The van der Waals surface area contributed by atoms with E-state index in [0.717, 1.165) is 50.2 Å². The highest BCUT2D eigenvalue weighted by molar-refractivity contribution is 5.74. The molecule has 0 unspecified atom stereocenters. The Morgan fingerprint density at radius 1 is 1.32 bits per heavy atom. The smallest absolute Gasteiger partial charge is 0.317 e. The van der Waals surface area contributed by atoms with Crippen molar-refractivity contribution in [2.24, 2.45) is 5.92 Å². The molecule has 1 aliphatic heterocycles. The van der Waals surface area contributed by atoms with E-state index in [2.05, 4.69) is 21.3 Å². The average Bonchev–Trinajstić information content (AvgIpc) is 3.20. The zero-order valence-electron chi connectivity index (χ0n) is 15.2. The van der Waals surface area contributed by atoms with Crippen LogP contribution in [-0.2, 0) is 6.54 Å². The van der Waals surface area contributed by atoms with Crippen molar-refractivity contribution in [3.05, 3.63) is 23.9 Å². The van der Waals surface area contributed by atoms with Gasteiger partial charge in [0.15, 0.2) is 0 Å². The van der Waals surface area contributed by atoms with Crippen molar-refractivity contribution in [1.29, 1.82) is 0 Å². The lowest BCUT2D eigenvalue weighted by atomic mass is 9.86. The minimum atomic E-state index is -0.0213. The summed E-state index contributed by atoms with van der Waals surface area (Å²) in [6, 6.07) is 4.30. The number of aliphatic hydroxyl groups is 1. The van der Waals surface area contributed by atoms with Crippen LogP contribution in [0.5, 0.6) is 0 Å². The number of aromatic nitrogens is 1. The molecule has 2 amide bonds. The van der Waals surface area contributed by atoms with Crippen LogP contribution in [0.1, 0.15) is 44.1 Å². The topological polar surface area (TPSA) is 68.7 Å². The highest BCUT2D eigenvalue weighted by atomic mass is 16.3. The molecule has 0 aromatic carbocycles. The number of urea groups is 1. The van der Waals surface area contributed by atoms with Gasteiger partial charge in [0, 0.05) is 45.5 Å². The van der Waals surface area contributed by atoms with Crippen LogP contribution in [0.2, 0.25) is 0 Å². The first-order valence-corrected chi connectivity index (χ1v) is 9.48. The average molecular weight is 346 g/mol. The number of amides is 2. The molecule has 1 aromatic heterocycles. The monoisotopic (exact) mass is 346 g/mol. The van der Waals surface area contributed by atoms with Gasteiger partial charge in [0.25, 0.3) is 0 Å². The van der Waals surface area contributed by atoms with Crippen LogP contribution in [0.25, 0.3) is 0 Å². The van der Waals surface area contributed by atoms with E-state index in [1.165, 1.54) is 12.8 Å². The Morgan fingerprint density at radius 3 is 2.72 bits per heavy atom. The van der Waals surface area contributed by atoms with Crippen LogP contribution >= 0.6 is 0 Å². The maximum absolute atomic E-state index is 12.4. The maximum atomic E-state index is 12.4. The quantitative estimate of drug-likeness (QED) is 0.859. The molecule has 138 valence electrons. The Hall–Kier alpha value is -1.82. The number of pyridine rings is 1. The standard InChI is InChI=1S/C19H30N4O2/c1-22(17-6-4-15(14-24)5-7-17)19(25)21-13-16-8-9-20-18(12-16)23-10-2-3-11-23/h8-9,12,15,17,24H,2-7,10-11,13-14H2,1H3,(H,21,25). The number of carbonyl (C=O) groups excluding carboxylic acids is 1. The zero-order valence-corrected chi connectivity index (χ0v) is 15.2. The summed E-state index contributed by atoms with van der Waals surface area (Å²) < 4.78 is 0. The first-order valence-electron chi connectivity index (χ1n) is 9.48. The number of carbonyl (C=O) groups is 1. The van der Waals surface area contributed by atoms with E-state index in [1.807, 2.05) is 24.2 Å². The fourth-order valence-electron chi connectivity index (χ4n) is 3.87. The molecule has 0 spiro atoms. The molecule has 2 heterocycles. The van der Waals surface area contributed by atoms with Gasteiger partial charge in [-0.25, -0.2) is 9.78 Å². The Bertz CT molecular complexity index is 566. The molecule has 1 saturated heterocycles. The molecular formula is C19H30N4O2. The molecule has 25 heavy (non-hydrogen) atoms. The van der Waals surface area contributed by atoms with Crippen LogP contribution in [-0.4, -0.2) is 53.8 Å². The number of nitrogens with zero attached hydrogens (tertiary/aromatic N) is 3. The van der Waals surface area contributed by atoms with E-state index in [0.29, 0.717) is 12.5 Å². The molecule has 2 N–H and O–H groups in total. The molecule has 1 saturated carbocycles. The molecular weight excluding hydrogens is 316 g/mol. The number of anilines is 1. The third kappa shape index (κ3) is 4.63. The Morgan fingerprint density at radius 2 is 2.04 bits per heavy atom. The van der Waals surface area contributed by atoms with Crippen molar-refractivity contribution in [1.82, 2.24) is 15.2 Å². The third-order valence-electron chi connectivity index (χ3n) is 5.63. The van der Waals surface area contributed by atoms with Crippen molar-refractivity contribution in [2.45, 2.75) is 51.1 Å².